The number of hydrogen-bond donors (Lipinski definition) is 2. The van der Waals surface area contributed by atoms with Crippen molar-refractivity contribution in [2.24, 2.45) is 17.8 Å². The molecular formula is C12H17ClN4. The Labute approximate surface area is 106 Å². The van der Waals surface area contributed by atoms with Crippen molar-refractivity contribution in [3.05, 3.63) is 17.3 Å². The molecule has 1 saturated carbocycles. The van der Waals surface area contributed by atoms with Crippen LogP contribution < -0.4 is 10.6 Å². The molecule has 2 aliphatic rings. The standard InChI is InChI=1S/C12H17ClN4/c13-11-3-4-12(17-16-11)15-6-9-2-1-8-5-14-7-10(8)9/h3-4,8-10,14H,1-2,5-7H2,(H,15,17). The van der Waals surface area contributed by atoms with Crippen LogP contribution in [0.4, 0.5) is 5.82 Å². The van der Waals surface area contributed by atoms with Gasteiger partial charge in [0.1, 0.15) is 5.82 Å². The number of nitrogens with one attached hydrogen (secondary N) is 2. The number of aromatic nitrogens is 2. The van der Waals surface area contributed by atoms with Gasteiger partial charge in [0.2, 0.25) is 0 Å². The Hall–Kier alpha value is -0.870. The molecule has 1 aliphatic heterocycles. The second-order valence-corrected chi connectivity index (χ2v) is 5.43. The Morgan fingerprint density at radius 1 is 1.29 bits per heavy atom. The summed E-state index contributed by atoms with van der Waals surface area (Å²) in [5, 5.41) is 15.1. The average Bonchev–Trinajstić information content (AvgIpc) is 2.91. The quantitative estimate of drug-likeness (QED) is 0.861. The van der Waals surface area contributed by atoms with Crippen LogP contribution in [0.3, 0.4) is 0 Å². The van der Waals surface area contributed by atoms with Crippen LogP contribution in [0.1, 0.15) is 12.8 Å². The largest absolute Gasteiger partial charge is 0.368 e. The first-order chi connectivity index (χ1) is 8.33. The van der Waals surface area contributed by atoms with E-state index in [2.05, 4.69) is 20.8 Å². The monoisotopic (exact) mass is 252 g/mol. The second kappa shape index (κ2) is 4.78. The van der Waals surface area contributed by atoms with Crippen LogP contribution in [0.2, 0.25) is 5.15 Å². The smallest absolute Gasteiger partial charge is 0.151 e. The lowest BCUT2D eigenvalue weighted by molar-refractivity contribution is 0.391. The molecule has 0 amide bonds. The molecule has 3 atom stereocenters. The van der Waals surface area contributed by atoms with Crippen LogP contribution >= 0.6 is 11.6 Å². The zero-order valence-electron chi connectivity index (χ0n) is 9.69. The van der Waals surface area contributed by atoms with Gasteiger partial charge in [-0.25, -0.2) is 0 Å². The van der Waals surface area contributed by atoms with Crippen molar-refractivity contribution >= 4 is 17.4 Å². The first kappa shape index (κ1) is 11.2. The molecule has 0 radical (unpaired) electrons. The maximum atomic E-state index is 5.70. The molecule has 0 aromatic carbocycles. The molecule has 2 N–H and O–H groups in total. The first-order valence-electron chi connectivity index (χ1n) is 6.27. The van der Waals surface area contributed by atoms with E-state index in [-0.39, 0.29) is 0 Å². The van der Waals surface area contributed by atoms with Gasteiger partial charge in [0.25, 0.3) is 0 Å². The summed E-state index contributed by atoms with van der Waals surface area (Å²) in [5.41, 5.74) is 0. The molecule has 1 aromatic heterocycles. The van der Waals surface area contributed by atoms with Crippen molar-refractivity contribution in [2.45, 2.75) is 12.8 Å². The van der Waals surface area contributed by atoms with Crippen LogP contribution in [0.15, 0.2) is 12.1 Å². The van der Waals surface area contributed by atoms with E-state index in [0.29, 0.717) is 5.15 Å². The van der Waals surface area contributed by atoms with Crippen molar-refractivity contribution in [3.8, 4) is 0 Å². The first-order valence-corrected chi connectivity index (χ1v) is 6.64. The Morgan fingerprint density at radius 2 is 2.24 bits per heavy atom. The maximum absolute atomic E-state index is 5.70. The minimum atomic E-state index is 0.441. The van der Waals surface area contributed by atoms with Gasteiger partial charge in [-0.15, -0.1) is 10.2 Å². The van der Waals surface area contributed by atoms with Gasteiger partial charge in [0, 0.05) is 6.54 Å². The normalized spacial score (nSPS) is 31.5. The molecule has 5 heteroatoms. The molecule has 17 heavy (non-hydrogen) atoms. The summed E-state index contributed by atoms with van der Waals surface area (Å²) >= 11 is 5.70. The lowest BCUT2D eigenvalue weighted by Gasteiger charge is -2.18. The molecule has 1 aliphatic carbocycles. The van der Waals surface area contributed by atoms with Crippen molar-refractivity contribution < 1.29 is 0 Å². The summed E-state index contributed by atoms with van der Waals surface area (Å²) < 4.78 is 0. The van der Waals surface area contributed by atoms with Crippen LogP contribution in [0.25, 0.3) is 0 Å². The molecule has 92 valence electrons. The molecule has 1 aromatic rings. The Kier molecular flexibility index (Phi) is 3.16. The van der Waals surface area contributed by atoms with E-state index in [0.717, 1.165) is 30.1 Å². The zero-order valence-corrected chi connectivity index (χ0v) is 10.5. The number of hydrogen-bond acceptors (Lipinski definition) is 4. The Balaban J connectivity index is 1.56. The SMILES string of the molecule is Clc1ccc(NCC2CCC3CNCC32)nn1. The fourth-order valence-corrected chi connectivity index (χ4v) is 3.26. The Bertz CT molecular complexity index is 381. The predicted octanol–water partition coefficient (Wildman–Crippen LogP) is 1.79. The zero-order chi connectivity index (χ0) is 11.7. The van der Waals surface area contributed by atoms with Crippen LogP contribution in [-0.4, -0.2) is 29.8 Å². The van der Waals surface area contributed by atoms with Gasteiger partial charge in [0.15, 0.2) is 5.15 Å². The van der Waals surface area contributed by atoms with Gasteiger partial charge < -0.3 is 10.6 Å². The van der Waals surface area contributed by atoms with Gasteiger partial charge in [-0.2, -0.15) is 0 Å². The summed E-state index contributed by atoms with van der Waals surface area (Å²) in [6, 6.07) is 3.65. The molecular weight excluding hydrogens is 236 g/mol. The lowest BCUT2D eigenvalue weighted by atomic mass is 9.92. The molecule has 1 saturated heterocycles. The molecule has 0 spiro atoms. The summed E-state index contributed by atoms with van der Waals surface area (Å²) in [6.45, 7) is 3.39. The third kappa shape index (κ3) is 2.38. The summed E-state index contributed by atoms with van der Waals surface area (Å²) in [5.74, 6) is 3.34. The van der Waals surface area contributed by atoms with Crippen molar-refractivity contribution in [1.29, 1.82) is 0 Å². The summed E-state index contributed by atoms with van der Waals surface area (Å²) in [6.07, 6.45) is 2.71. The van der Waals surface area contributed by atoms with E-state index >= 15 is 0 Å². The molecule has 2 fully saturated rings. The van der Waals surface area contributed by atoms with Crippen LogP contribution in [-0.2, 0) is 0 Å². The summed E-state index contributed by atoms with van der Waals surface area (Å²) in [7, 11) is 0. The highest BCUT2D eigenvalue weighted by Crippen LogP contribution is 2.39. The van der Waals surface area contributed by atoms with Crippen molar-refractivity contribution in [2.75, 3.05) is 25.0 Å². The van der Waals surface area contributed by atoms with Crippen LogP contribution in [0, 0.1) is 17.8 Å². The fraction of sp³-hybridized carbons (Fsp3) is 0.667. The van der Waals surface area contributed by atoms with Gasteiger partial charge in [-0.1, -0.05) is 11.6 Å². The predicted molar refractivity (Wildman–Crippen MR) is 68.1 cm³/mol. The molecule has 3 unspecified atom stereocenters. The number of halogens is 1. The third-order valence-electron chi connectivity index (χ3n) is 4.08. The number of anilines is 1. The molecule has 4 nitrogen and oxygen atoms in total. The number of rotatable bonds is 3. The minimum absolute atomic E-state index is 0.441. The van der Waals surface area contributed by atoms with E-state index in [1.807, 2.05) is 6.07 Å². The van der Waals surface area contributed by atoms with Gasteiger partial charge in [-0.05, 0) is 55.8 Å². The van der Waals surface area contributed by atoms with E-state index < -0.39 is 0 Å². The van der Waals surface area contributed by atoms with Gasteiger partial charge >= 0.3 is 0 Å². The topological polar surface area (TPSA) is 49.8 Å². The van der Waals surface area contributed by atoms with E-state index in [1.165, 1.54) is 25.9 Å². The highest BCUT2D eigenvalue weighted by Gasteiger charge is 2.38. The highest BCUT2D eigenvalue weighted by molar-refractivity contribution is 6.29. The fourth-order valence-electron chi connectivity index (χ4n) is 3.16. The third-order valence-corrected chi connectivity index (χ3v) is 4.28. The number of fused-ring (bicyclic) bond motifs is 1. The highest BCUT2D eigenvalue weighted by atomic mass is 35.5. The average molecular weight is 253 g/mol. The Morgan fingerprint density at radius 3 is 3.06 bits per heavy atom. The van der Waals surface area contributed by atoms with Gasteiger partial charge in [-0.3, -0.25) is 0 Å². The molecule has 2 heterocycles. The maximum Gasteiger partial charge on any atom is 0.151 e. The van der Waals surface area contributed by atoms with Crippen LogP contribution in [0.5, 0.6) is 0 Å². The van der Waals surface area contributed by atoms with Crippen molar-refractivity contribution in [1.82, 2.24) is 15.5 Å². The lowest BCUT2D eigenvalue weighted by Crippen LogP contribution is -2.23. The van der Waals surface area contributed by atoms with E-state index in [9.17, 15) is 0 Å². The molecule has 3 rings (SSSR count). The van der Waals surface area contributed by atoms with E-state index in [1.54, 1.807) is 6.07 Å². The second-order valence-electron chi connectivity index (χ2n) is 5.04. The minimum Gasteiger partial charge on any atom is -0.368 e. The molecule has 0 bridgehead atoms. The van der Waals surface area contributed by atoms with Crippen molar-refractivity contribution in [3.63, 3.8) is 0 Å². The summed E-state index contributed by atoms with van der Waals surface area (Å²) in [4.78, 5) is 0. The van der Waals surface area contributed by atoms with Gasteiger partial charge in [0.05, 0.1) is 0 Å². The number of nitrogens with zero attached hydrogens (tertiary/aromatic N) is 2. The van der Waals surface area contributed by atoms with E-state index in [4.69, 9.17) is 11.6 Å².